The van der Waals surface area contributed by atoms with Gasteiger partial charge in [0.2, 0.25) is 5.95 Å². The minimum absolute atomic E-state index is 0.0340. The van der Waals surface area contributed by atoms with Gasteiger partial charge in [-0.1, -0.05) is 38.5 Å². The largest absolute Gasteiger partial charge is 0.481 e. The molecule has 0 saturated heterocycles. The normalized spacial score (nSPS) is 12.9. The summed E-state index contributed by atoms with van der Waals surface area (Å²) in [5.74, 6) is -0.0774. The molecule has 0 radical (unpaired) electrons. The zero-order chi connectivity index (χ0) is 13.7. The lowest BCUT2D eigenvalue weighted by atomic mass is 9.95. The van der Waals surface area contributed by atoms with Crippen LogP contribution in [0.1, 0.15) is 39.7 Å². The summed E-state index contributed by atoms with van der Waals surface area (Å²) >= 11 is 1.15. The summed E-state index contributed by atoms with van der Waals surface area (Å²) in [5, 5.41) is 17.1. The van der Waals surface area contributed by atoms with Crippen LogP contribution in [-0.4, -0.2) is 31.6 Å². The molecule has 1 rings (SSSR count). The second kappa shape index (κ2) is 6.63. The highest BCUT2D eigenvalue weighted by Crippen LogP contribution is 2.30. The molecule has 3 N–H and O–H groups in total. The molecule has 0 aliphatic rings. The Balaban J connectivity index is 2.92. The van der Waals surface area contributed by atoms with Crippen LogP contribution in [-0.2, 0) is 4.79 Å². The summed E-state index contributed by atoms with van der Waals surface area (Å²) in [6.07, 6.45) is 2.08. The van der Waals surface area contributed by atoms with Crippen molar-refractivity contribution in [2.45, 2.75) is 44.8 Å². The average Bonchev–Trinajstić information content (AvgIpc) is 2.69. The Morgan fingerprint density at radius 2 is 2.06 bits per heavy atom. The number of carbonyl (C=O) groups is 1. The molecule has 1 heterocycles. The third-order valence-electron chi connectivity index (χ3n) is 3.15. The predicted octanol–water partition coefficient (Wildman–Crippen LogP) is 2.03. The molecule has 102 valence electrons. The van der Waals surface area contributed by atoms with Crippen LogP contribution >= 0.6 is 11.8 Å². The van der Waals surface area contributed by atoms with E-state index in [1.807, 2.05) is 4.57 Å². The number of carboxylic acid groups (broad SMARTS) is 1. The first kappa shape index (κ1) is 14.8. The molecule has 7 heteroatoms. The number of aromatic nitrogens is 3. The van der Waals surface area contributed by atoms with Crippen LogP contribution in [0, 0.1) is 5.92 Å². The average molecular weight is 272 g/mol. The molecular weight excluding hydrogens is 252 g/mol. The number of hydrogen-bond donors (Lipinski definition) is 2. The minimum atomic E-state index is -0.872. The van der Waals surface area contributed by atoms with Gasteiger partial charge in [0.15, 0.2) is 5.16 Å². The zero-order valence-electron chi connectivity index (χ0n) is 11.0. The topological polar surface area (TPSA) is 94.0 Å². The summed E-state index contributed by atoms with van der Waals surface area (Å²) in [4.78, 5) is 10.6. The van der Waals surface area contributed by atoms with Crippen LogP contribution in [0.3, 0.4) is 0 Å². The van der Waals surface area contributed by atoms with E-state index in [0.717, 1.165) is 24.6 Å². The summed E-state index contributed by atoms with van der Waals surface area (Å²) < 4.78 is 1.84. The van der Waals surface area contributed by atoms with E-state index in [2.05, 4.69) is 31.0 Å². The summed E-state index contributed by atoms with van der Waals surface area (Å²) in [5.41, 5.74) is 5.82. The van der Waals surface area contributed by atoms with Gasteiger partial charge >= 0.3 is 5.97 Å². The molecule has 0 fully saturated rings. The molecule has 1 aromatic rings. The van der Waals surface area contributed by atoms with Crippen molar-refractivity contribution in [2.24, 2.45) is 5.92 Å². The van der Waals surface area contributed by atoms with E-state index in [9.17, 15) is 4.79 Å². The summed E-state index contributed by atoms with van der Waals surface area (Å²) in [7, 11) is 0. The van der Waals surface area contributed by atoms with Crippen molar-refractivity contribution >= 4 is 23.7 Å². The molecule has 0 bridgehead atoms. The fraction of sp³-hybridized carbons (Fsp3) is 0.727. The Bertz CT molecular complexity index is 404. The van der Waals surface area contributed by atoms with Crippen molar-refractivity contribution in [1.29, 1.82) is 0 Å². The van der Waals surface area contributed by atoms with E-state index in [4.69, 9.17) is 10.8 Å². The molecule has 0 aromatic carbocycles. The first-order chi connectivity index (χ1) is 8.51. The van der Waals surface area contributed by atoms with E-state index in [-0.39, 0.29) is 11.8 Å². The van der Waals surface area contributed by atoms with Crippen LogP contribution in [0.2, 0.25) is 0 Å². The van der Waals surface area contributed by atoms with Gasteiger partial charge in [0.1, 0.15) is 0 Å². The highest BCUT2D eigenvalue weighted by atomic mass is 32.2. The quantitative estimate of drug-likeness (QED) is 0.738. The SMILES string of the molecule is CCC(CC)C(C)n1c(N)nnc1SCC(=O)O. The number of nitrogens with two attached hydrogens (primary N) is 1. The molecule has 18 heavy (non-hydrogen) atoms. The molecule has 6 nitrogen and oxygen atoms in total. The molecule has 0 spiro atoms. The van der Waals surface area contributed by atoms with Crippen LogP contribution < -0.4 is 5.73 Å². The number of nitrogen functional groups attached to an aromatic ring is 1. The Kier molecular flexibility index (Phi) is 5.46. The Morgan fingerprint density at radius 3 is 2.56 bits per heavy atom. The number of rotatable bonds is 7. The van der Waals surface area contributed by atoms with Crippen molar-refractivity contribution in [2.75, 3.05) is 11.5 Å². The number of hydrogen-bond acceptors (Lipinski definition) is 5. The van der Waals surface area contributed by atoms with Gasteiger partial charge in [-0.15, -0.1) is 10.2 Å². The van der Waals surface area contributed by atoms with Gasteiger partial charge in [0.05, 0.1) is 5.75 Å². The third-order valence-corrected chi connectivity index (χ3v) is 4.08. The molecule has 1 unspecified atom stereocenters. The lowest BCUT2D eigenvalue weighted by Gasteiger charge is -2.24. The molecule has 1 atom stereocenters. The van der Waals surface area contributed by atoms with Gasteiger partial charge < -0.3 is 10.8 Å². The molecule has 1 aromatic heterocycles. The number of aliphatic carboxylic acids is 1. The molecule has 0 saturated carbocycles. The highest BCUT2D eigenvalue weighted by Gasteiger charge is 2.22. The van der Waals surface area contributed by atoms with Crippen molar-refractivity contribution in [1.82, 2.24) is 14.8 Å². The Morgan fingerprint density at radius 1 is 1.44 bits per heavy atom. The van der Waals surface area contributed by atoms with Crippen molar-refractivity contribution in [3.63, 3.8) is 0 Å². The number of carboxylic acids is 1. The van der Waals surface area contributed by atoms with E-state index in [1.165, 1.54) is 0 Å². The fourth-order valence-corrected chi connectivity index (χ4v) is 2.83. The van der Waals surface area contributed by atoms with Crippen LogP contribution in [0.15, 0.2) is 5.16 Å². The third kappa shape index (κ3) is 3.38. The monoisotopic (exact) mass is 272 g/mol. The lowest BCUT2D eigenvalue weighted by molar-refractivity contribution is -0.133. The standard InChI is InChI=1S/C11H20N4O2S/c1-4-8(5-2)7(3)15-10(12)13-14-11(15)18-6-9(16)17/h7-8H,4-6H2,1-3H3,(H2,12,13)(H,16,17). The second-order valence-corrected chi connectivity index (χ2v) is 5.15. The molecular formula is C11H20N4O2S. The van der Waals surface area contributed by atoms with Gasteiger partial charge in [0, 0.05) is 6.04 Å². The highest BCUT2D eigenvalue weighted by molar-refractivity contribution is 7.99. The first-order valence-electron chi connectivity index (χ1n) is 6.06. The van der Waals surface area contributed by atoms with E-state index < -0.39 is 5.97 Å². The number of anilines is 1. The van der Waals surface area contributed by atoms with Gasteiger partial charge in [-0.3, -0.25) is 9.36 Å². The fourth-order valence-electron chi connectivity index (χ4n) is 2.08. The lowest BCUT2D eigenvalue weighted by Crippen LogP contribution is -2.18. The van der Waals surface area contributed by atoms with Gasteiger partial charge in [-0.2, -0.15) is 0 Å². The number of nitrogens with zero attached hydrogens (tertiary/aromatic N) is 3. The second-order valence-electron chi connectivity index (χ2n) is 4.21. The van der Waals surface area contributed by atoms with Gasteiger partial charge in [0.25, 0.3) is 0 Å². The Labute approximate surface area is 111 Å². The first-order valence-corrected chi connectivity index (χ1v) is 7.04. The van der Waals surface area contributed by atoms with Crippen LogP contribution in [0.5, 0.6) is 0 Å². The maximum atomic E-state index is 10.6. The van der Waals surface area contributed by atoms with Crippen molar-refractivity contribution in [3.05, 3.63) is 0 Å². The predicted molar refractivity (Wildman–Crippen MR) is 71.6 cm³/mol. The maximum absolute atomic E-state index is 10.6. The maximum Gasteiger partial charge on any atom is 0.313 e. The smallest absolute Gasteiger partial charge is 0.313 e. The summed E-state index contributed by atoms with van der Waals surface area (Å²) in [6, 6.07) is 0.172. The van der Waals surface area contributed by atoms with Crippen molar-refractivity contribution < 1.29 is 9.90 Å². The van der Waals surface area contributed by atoms with Crippen molar-refractivity contribution in [3.8, 4) is 0 Å². The zero-order valence-corrected chi connectivity index (χ0v) is 11.8. The van der Waals surface area contributed by atoms with E-state index in [0.29, 0.717) is 17.0 Å². The van der Waals surface area contributed by atoms with Gasteiger partial charge in [-0.25, -0.2) is 0 Å². The van der Waals surface area contributed by atoms with Gasteiger partial charge in [-0.05, 0) is 12.8 Å². The Hall–Kier alpha value is -1.24. The summed E-state index contributed by atoms with van der Waals surface area (Å²) in [6.45, 7) is 6.34. The van der Waals surface area contributed by atoms with E-state index >= 15 is 0 Å². The minimum Gasteiger partial charge on any atom is -0.481 e. The molecule has 0 aliphatic heterocycles. The van der Waals surface area contributed by atoms with Crippen LogP contribution in [0.4, 0.5) is 5.95 Å². The van der Waals surface area contributed by atoms with Crippen LogP contribution in [0.25, 0.3) is 0 Å². The molecule has 0 aliphatic carbocycles. The van der Waals surface area contributed by atoms with E-state index in [1.54, 1.807) is 0 Å². The number of thioether (sulfide) groups is 1. The molecule has 0 amide bonds.